The number of likely N-dealkylation sites (N-methyl/N-ethyl adjacent to an activating group) is 1. The third kappa shape index (κ3) is 3.75. The summed E-state index contributed by atoms with van der Waals surface area (Å²) in [6.45, 7) is 1.53. The van der Waals surface area contributed by atoms with Crippen molar-refractivity contribution in [2.24, 2.45) is 5.92 Å². The molecule has 19 heavy (non-hydrogen) atoms. The largest absolute Gasteiger partial charge is 0.379 e. The molecule has 0 aliphatic carbocycles. The first-order valence-electron chi connectivity index (χ1n) is 6.48. The maximum absolute atomic E-state index is 13.0. The maximum Gasteiger partial charge on any atom is 0.227 e. The van der Waals surface area contributed by atoms with Crippen molar-refractivity contribution < 1.29 is 13.9 Å². The molecule has 2 rings (SSSR count). The van der Waals surface area contributed by atoms with Crippen molar-refractivity contribution in [2.75, 3.05) is 26.8 Å². The normalized spacial score (nSPS) is 22.4. The molecular formula is C14H19FN2O2. The van der Waals surface area contributed by atoms with Gasteiger partial charge in [-0.05, 0) is 31.2 Å². The lowest BCUT2D eigenvalue weighted by molar-refractivity contribution is -0.125. The fourth-order valence-corrected chi connectivity index (χ4v) is 2.25. The van der Waals surface area contributed by atoms with Crippen LogP contribution >= 0.6 is 0 Å². The lowest BCUT2D eigenvalue weighted by Gasteiger charge is -2.16. The number of amides is 1. The van der Waals surface area contributed by atoms with Crippen molar-refractivity contribution >= 4 is 5.91 Å². The Morgan fingerprint density at radius 2 is 2.32 bits per heavy atom. The zero-order chi connectivity index (χ0) is 13.7. The Bertz CT molecular complexity index is 439. The molecule has 1 aromatic carbocycles. The highest BCUT2D eigenvalue weighted by atomic mass is 19.1. The molecule has 1 fully saturated rings. The van der Waals surface area contributed by atoms with Crippen LogP contribution in [0.3, 0.4) is 0 Å². The SMILES string of the molecule is CNC1COCC1C(=O)NCCc1cccc(F)c1. The molecule has 5 heteroatoms. The van der Waals surface area contributed by atoms with Gasteiger partial charge in [-0.2, -0.15) is 0 Å². The molecule has 1 amide bonds. The van der Waals surface area contributed by atoms with E-state index in [1.165, 1.54) is 12.1 Å². The number of halogens is 1. The van der Waals surface area contributed by atoms with E-state index in [-0.39, 0.29) is 23.7 Å². The van der Waals surface area contributed by atoms with Gasteiger partial charge in [-0.3, -0.25) is 4.79 Å². The van der Waals surface area contributed by atoms with Crippen LogP contribution in [0.4, 0.5) is 4.39 Å². The van der Waals surface area contributed by atoms with Crippen LogP contribution in [0, 0.1) is 11.7 Å². The standard InChI is InChI=1S/C14H19FN2O2/c1-16-13-9-19-8-12(13)14(18)17-6-5-10-3-2-4-11(15)7-10/h2-4,7,12-13,16H,5-6,8-9H2,1H3,(H,17,18). The maximum atomic E-state index is 13.0. The van der Waals surface area contributed by atoms with Crippen molar-refractivity contribution in [2.45, 2.75) is 12.5 Å². The van der Waals surface area contributed by atoms with Crippen LogP contribution in [0.25, 0.3) is 0 Å². The van der Waals surface area contributed by atoms with E-state index in [9.17, 15) is 9.18 Å². The van der Waals surface area contributed by atoms with E-state index in [0.29, 0.717) is 26.2 Å². The van der Waals surface area contributed by atoms with Gasteiger partial charge >= 0.3 is 0 Å². The third-order valence-corrected chi connectivity index (χ3v) is 3.39. The minimum absolute atomic E-state index is 0.00625. The molecule has 1 aliphatic heterocycles. The van der Waals surface area contributed by atoms with Crippen LogP contribution in [-0.4, -0.2) is 38.8 Å². The number of ether oxygens (including phenoxy) is 1. The second-order valence-corrected chi connectivity index (χ2v) is 4.71. The quantitative estimate of drug-likeness (QED) is 0.825. The van der Waals surface area contributed by atoms with Gasteiger partial charge in [-0.1, -0.05) is 12.1 Å². The molecule has 1 aliphatic rings. The summed E-state index contributed by atoms with van der Waals surface area (Å²) in [5.41, 5.74) is 0.883. The van der Waals surface area contributed by atoms with Gasteiger partial charge in [0.2, 0.25) is 5.91 Å². The second-order valence-electron chi connectivity index (χ2n) is 4.71. The molecule has 2 unspecified atom stereocenters. The first-order chi connectivity index (χ1) is 9.20. The average Bonchev–Trinajstić information content (AvgIpc) is 2.87. The van der Waals surface area contributed by atoms with Gasteiger partial charge in [0, 0.05) is 12.6 Å². The summed E-state index contributed by atoms with van der Waals surface area (Å²) in [5, 5.41) is 5.95. The van der Waals surface area contributed by atoms with Crippen molar-refractivity contribution in [3.63, 3.8) is 0 Å². The van der Waals surface area contributed by atoms with Gasteiger partial charge in [-0.25, -0.2) is 4.39 Å². The number of carbonyl (C=O) groups is 1. The Labute approximate surface area is 112 Å². The molecule has 2 N–H and O–H groups in total. The van der Waals surface area contributed by atoms with E-state index in [0.717, 1.165) is 5.56 Å². The Hall–Kier alpha value is -1.46. The van der Waals surface area contributed by atoms with Crippen molar-refractivity contribution in [3.05, 3.63) is 35.6 Å². The van der Waals surface area contributed by atoms with E-state index >= 15 is 0 Å². The summed E-state index contributed by atoms with van der Waals surface area (Å²) >= 11 is 0. The van der Waals surface area contributed by atoms with Gasteiger partial charge in [0.05, 0.1) is 19.1 Å². The Kier molecular flexibility index (Phi) is 4.87. The van der Waals surface area contributed by atoms with Crippen LogP contribution in [0.1, 0.15) is 5.56 Å². The number of hydrogen-bond donors (Lipinski definition) is 2. The van der Waals surface area contributed by atoms with E-state index in [1.807, 2.05) is 13.1 Å². The molecule has 0 bridgehead atoms. The Balaban J connectivity index is 1.78. The summed E-state index contributed by atoms with van der Waals surface area (Å²) in [6.07, 6.45) is 0.626. The average molecular weight is 266 g/mol. The molecule has 104 valence electrons. The van der Waals surface area contributed by atoms with Crippen LogP contribution in [0.5, 0.6) is 0 Å². The molecule has 0 spiro atoms. The lowest BCUT2D eigenvalue weighted by atomic mass is 10.0. The molecule has 1 saturated heterocycles. The van der Waals surface area contributed by atoms with Crippen molar-refractivity contribution in [3.8, 4) is 0 Å². The predicted octanol–water partition coefficient (Wildman–Crippen LogP) is 0.719. The highest BCUT2D eigenvalue weighted by molar-refractivity contribution is 5.79. The minimum atomic E-state index is -0.247. The lowest BCUT2D eigenvalue weighted by Crippen LogP contribution is -2.43. The van der Waals surface area contributed by atoms with Gasteiger partial charge in [0.1, 0.15) is 5.82 Å². The van der Waals surface area contributed by atoms with Crippen LogP contribution in [0.15, 0.2) is 24.3 Å². The highest BCUT2D eigenvalue weighted by Gasteiger charge is 2.32. The minimum Gasteiger partial charge on any atom is -0.379 e. The summed E-state index contributed by atoms with van der Waals surface area (Å²) in [4.78, 5) is 12.0. The highest BCUT2D eigenvalue weighted by Crippen LogP contribution is 2.13. The number of rotatable bonds is 5. The molecule has 2 atom stereocenters. The molecule has 0 saturated carbocycles. The fourth-order valence-electron chi connectivity index (χ4n) is 2.25. The number of carbonyl (C=O) groups excluding carboxylic acids is 1. The summed E-state index contributed by atoms with van der Waals surface area (Å²) in [7, 11) is 1.83. The zero-order valence-corrected chi connectivity index (χ0v) is 11.0. The summed E-state index contributed by atoms with van der Waals surface area (Å²) in [5.74, 6) is -0.394. The van der Waals surface area contributed by atoms with Crippen LogP contribution < -0.4 is 10.6 Å². The van der Waals surface area contributed by atoms with E-state index < -0.39 is 0 Å². The van der Waals surface area contributed by atoms with E-state index in [2.05, 4.69) is 10.6 Å². The van der Waals surface area contributed by atoms with Gasteiger partial charge < -0.3 is 15.4 Å². The monoisotopic (exact) mass is 266 g/mol. The first-order valence-corrected chi connectivity index (χ1v) is 6.48. The zero-order valence-electron chi connectivity index (χ0n) is 11.0. The topological polar surface area (TPSA) is 50.4 Å². The van der Waals surface area contributed by atoms with E-state index in [4.69, 9.17) is 4.74 Å². The number of benzene rings is 1. The predicted molar refractivity (Wildman–Crippen MR) is 70.3 cm³/mol. The Morgan fingerprint density at radius 3 is 3.05 bits per heavy atom. The smallest absolute Gasteiger partial charge is 0.227 e. The summed E-state index contributed by atoms with van der Waals surface area (Å²) in [6, 6.07) is 6.50. The van der Waals surface area contributed by atoms with Gasteiger partial charge in [0.25, 0.3) is 0 Å². The second kappa shape index (κ2) is 6.63. The third-order valence-electron chi connectivity index (χ3n) is 3.39. The molecule has 0 aromatic heterocycles. The molecule has 1 aromatic rings. The number of nitrogens with one attached hydrogen (secondary N) is 2. The summed E-state index contributed by atoms with van der Waals surface area (Å²) < 4.78 is 18.3. The van der Waals surface area contributed by atoms with Gasteiger partial charge in [-0.15, -0.1) is 0 Å². The fraction of sp³-hybridized carbons (Fsp3) is 0.500. The van der Waals surface area contributed by atoms with E-state index in [1.54, 1.807) is 6.07 Å². The Morgan fingerprint density at radius 1 is 1.47 bits per heavy atom. The van der Waals surface area contributed by atoms with Crippen LogP contribution in [-0.2, 0) is 16.0 Å². The van der Waals surface area contributed by atoms with Gasteiger partial charge in [0.15, 0.2) is 0 Å². The molecule has 1 heterocycles. The van der Waals surface area contributed by atoms with Crippen LogP contribution in [0.2, 0.25) is 0 Å². The first kappa shape index (κ1) is 14.0. The number of hydrogen-bond acceptors (Lipinski definition) is 3. The van der Waals surface area contributed by atoms with Crippen molar-refractivity contribution in [1.29, 1.82) is 0 Å². The molecule has 4 nitrogen and oxygen atoms in total. The molecule has 0 radical (unpaired) electrons. The molecular weight excluding hydrogens is 247 g/mol. The van der Waals surface area contributed by atoms with Crippen molar-refractivity contribution in [1.82, 2.24) is 10.6 Å².